The molecule has 1 aliphatic heterocycles. The fraction of sp³-hybridized carbons (Fsp3) is 0.261. The molecule has 154 valence electrons. The van der Waals surface area contributed by atoms with Gasteiger partial charge in [0, 0.05) is 50.3 Å². The maximum atomic E-state index is 13.3. The molecule has 7 heteroatoms. The van der Waals surface area contributed by atoms with E-state index in [1.807, 2.05) is 60.7 Å². The summed E-state index contributed by atoms with van der Waals surface area (Å²) in [6.45, 7) is 3.01. The minimum Gasteiger partial charge on any atom is -0.497 e. The second-order valence-corrected chi connectivity index (χ2v) is 7.11. The number of rotatable bonds is 6. The normalized spacial score (nSPS) is 15.4. The Morgan fingerprint density at radius 2 is 1.70 bits per heavy atom. The molecule has 2 aromatic carbocycles. The van der Waals surface area contributed by atoms with Gasteiger partial charge >= 0.3 is 0 Å². The van der Waals surface area contributed by atoms with Gasteiger partial charge in [0.05, 0.1) is 7.11 Å². The number of methoxy groups -OCH3 is 1. The van der Waals surface area contributed by atoms with Crippen LogP contribution >= 0.6 is 0 Å². The summed E-state index contributed by atoms with van der Waals surface area (Å²) in [7, 11) is 1.61. The third-order valence-electron chi connectivity index (χ3n) is 5.22. The first-order chi connectivity index (χ1) is 14.7. The van der Waals surface area contributed by atoms with Crippen molar-refractivity contribution in [2.24, 2.45) is 0 Å². The number of nitrogens with zero attached hydrogens (tertiary/aromatic N) is 4. The quantitative estimate of drug-likeness (QED) is 0.682. The Balaban J connectivity index is 1.51. The highest BCUT2D eigenvalue weighted by Gasteiger charge is 2.31. The van der Waals surface area contributed by atoms with Gasteiger partial charge in [0.2, 0.25) is 11.9 Å². The molecule has 1 aromatic heterocycles. The van der Waals surface area contributed by atoms with E-state index in [9.17, 15) is 4.79 Å². The Kier molecular flexibility index (Phi) is 6.20. The van der Waals surface area contributed by atoms with Crippen LogP contribution in [0, 0.1) is 0 Å². The zero-order valence-corrected chi connectivity index (χ0v) is 16.9. The molecule has 7 nitrogen and oxygen atoms in total. The van der Waals surface area contributed by atoms with Crippen LogP contribution in [0.1, 0.15) is 11.6 Å². The molecule has 1 atom stereocenters. The van der Waals surface area contributed by atoms with Crippen LogP contribution in [0.4, 0.5) is 11.6 Å². The van der Waals surface area contributed by atoms with Crippen molar-refractivity contribution >= 4 is 17.5 Å². The van der Waals surface area contributed by atoms with E-state index in [0.29, 0.717) is 5.75 Å². The SMILES string of the molecule is COc1cccc(NC(=O)C(c2ccccc2)N2CCN(c3ncccn3)CC2)c1. The molecule has 30 heavy (non-hydrogen) atoms. The van der Waals surface area contributed by atoms with Crippen molar-refractivity contribution in [1.29, 1.82) is 0 Å². The Morgan fingerprint density at radius 1 is 0.967 bits per heavy atom. The van der Waals surface area contributed by atoms with Gasteiger partial charge in [-0.2, -0.15) is 0 Å². The Labute approximate surface area is 176 Å². The van der Waals surface area contributed by atoms with E-state index in [1.165, 1.54) is 0 Å². The Morgan fingerprint density at radius 3 is 2.40 bits per heavy atom. The molecule has 1 unspecified atom stereocenters. The molecule has 0 aliphatic carbocycles. The molecule has 1 amide bonds. The van der Waals surface area contributed by atoms with Crippen LogP contribution in [0.15, 0.2) is 73.1 Å². The standard InChI is InChI=1S/C23H25N5O2/c1-30-20-10-5-9-19(17-20)26-22(29)21(18-7-3-2-4-8-18)27-13-15-28(16-14-27)23-24-11-6-12-25-23/h2-12,17,21H,13-16H2,1H3,(H,26,29). The van der Waals surface area contributed by atoms with E-state index in [0.717, 1.165) is 43.4 Å². The van der Waals surface area contributed by atoms with Gasteiger partial charge in [-0.25, -0.2) is 9.97 Å². The van der Waals surface area contributed by atoms with Gasteiger partial charge in [0.1, 0.15) is 11.8 Å². The predicted molar refractivity (Wildman–Crippen MR) is 117 cm³/mol. The molecule has 0 radical (unpaired) electrons. The average molecular weight is 403 g/mol. The summed E-state index contributed by atoms with van der Waals surface area (Å²) in [6, 6.07) is 18.8. The van der Waals surface area contributed by atoms with Crippen LogP contribution in [0.2, 0.25) is 0 Å². The number of amides is 1. The highest BCUT2D eigenvalue weighted by Crippen LogP contribution is 2.26. The van der Waals surface area contributed by atoms with Crippen molar-refractivity contribution in [3.8, 4) is 5.75 Å². The van der Waals surface area contributed by atoms with Crippen LogP contribution in [0.25, 0.3) is 0 Å². The van der Waals surface area contributed by atoms with Crippen molar-refractivity contribution < 1.29 is 9.53 Å². The maximum Gasteiger partial charge on any atom is 0.246 e. The second-order valence-electron chi connectivity index (χ2n) is 7.11. The van der Waals surface area contributed by atoms with Crippen LogP contribution in [-0.4, -0.2) is 54.1 Å². The number of hydrogen-bond acceptors (Lipinski definition) is 6. The largest absolute Gasteiger partial charge is 0.497 e. The van der Waals surface area contributed by atoms with E-state index in [2.05, 4.69) is 25.1 Å². The lowest BCUT2D eigenvalue weighted by Gasteiger charge is -2.38. The first kappa shape index (κ1) is 19.8. The number of carbonyl (C=O) groups is 1. The highest BCUT2D eigenvalue weighted by molar-refractivity contribution is 5.95. The number of carbonyl (C=O) groups excluding carboxylic acids is 1. The second kappa shape index (κ2) is 9.37. The van der Waals surface area contributed by atoms with Gasteiger partial charge in [-0.05, 0) is 23.8 Å². The van der Waals surface area contributed by atoms with Crippen LogP contribution in [0.5, 0.6) is 5.75 Å². The van der Waals surface area contributed by atoms with Gasteiger partial charge in [-0.15, -0.1) is 0 Å². The highest BCUT2D eigenvalue weighted by atomic mass is 16.5. The summed E-state index contributed by atoms with van der Waals surface area (Å²) in [5.74, 6) is 1.38. The molecule has 3 aromatic rings. The van der Waals surface area contributed by atoms with Crippen LogP contribution in [0.3, 0.4) is 0 Å². The van der Waals surface area contributed by atoms with E-state index in [4.69, 9.17) is 4.74 Å². The van der Waals surface area contributed by atoms with Crippen molar-refractivity contribution in [2.75, 3.05) is 43.5 Å². The molecule has 2 heterocycles. The minimum absolute atomic E-state index is 0.0566. The summed E-state index contributed by atoms with van der Waals surface area (Å²) >= 11 is 0. The molecule has 1 saturated heterocycles. The van der Waals surface area contributed by atoms with Crippen molar-refractivity contribution in [3.63, 3.8) is 0 Å². The monoisotopic (exact) mass is 403 g/mol. The Bertz CT molecular complexity index is 960. The topological polar surface area (TPSA) is 70.6 Å². The first-order valence-electron chi connectivity index (χ1n) is 10.0. The summed E-state index contributed by atoms with van der Waals surface area (Å²) in [4.78, 5) is 26.4. The lowest BCUT2D eigenvalue weighted by Crippen LogP contribution is -2.50. The zero-order chi connectivity index (χ0) is 20.8. The molecule has 1 N–H and O–H groups in total. The van der Waals surface area contributed by atoms with Gasteiger partial charge in [0.15, 0.2) is 0 Å². The van der Waals surface area contributed by atoms with Crippen LogP contribution in [-0.2, 0) is 4.79 Å². The summed E-state index contributed by atoms with van der Waals surface area (Å²) in [5, 5.41) is 3.06. The number of anilines is 2. The van der Waals surface area contributed by atoms with Gasteiger partial charge in [-0.1, -0.05) is 36.4 Å². The smallest absolute Gasteiger partial charge is 0.246 e. The molecule has 1 fully saturated rings. The fourth-order valence-electron chi connectivity index (χ4n) is 3.71. The van der Waals surface area contributed by atoms with Crippen molar-refractivity contribution in [2.45, 2.75) is 6.04 Å². The maximum absolute atomic E-state index is 13.3. The van der Waals surface area contributed by atoms with E-state index in [-0.39, 0.29) is 11.9 Å². The summed E-state index contributed by atoms with van der Waals surface area (Å²) in [6.07, 6.45) is 3.51. The van der Waals surface area contributed by atoms with Gasteiger partial charge in [-0.3, -0.25) is 9.69 Å². The van der Waals surface area contributed by atoms with E-state index < -0.39 is 0 Å². The molecule has 4 rings (SSSR count). The van der Waals surface area contributed by atoms with Gasteiger partial charge < -0.3 is 15.0 Å². The number of ether oxygens (including phenoxy) is 1. The molecular formula is C23H25N5O2. The molecule has 0 saturated carbocycles. The zero-order valence-electron chi connectivity index (χ0n) is 16.9. The third-order valence-corrected chi connectivity index (χ3v) is 5.22. The Hall–Kier alpha value is -3.45. The molecular weight excluding hydrogens is 378 g/mol. The van der Waals surface area contributed by atoms with Crippen LogP contribution < -0.4 is 15.0 Å². The number of benzene rings is 2. The minimum atomic E-state index is -0.378. The van der Waals surface area contributed by atoms with Crippen molar-refractivity contribution in [1.82, 2.24) is 14.9 Å². The number of piperazine rings is 1. The number of hydrogen-bond donors (Lipinski definition) is 1. The van der Waals surface area contributed by atoms with Crippen molar-refractivity contribution in [3.05, 3.63) is 78.6 Å². The summed E-state index contributed by atoms with van der Waals surface area (Å²) in [5.41, 5.74) is 1.69. The first-order valence-corrected chi connectivity index (χ1v) is 10.0. The number of nitrogens with one attached hydrogen (secondary N) is 1. The molecule has 0 bridgehead atoms. The van der Waals surface area contributed by atoms with E-state index >= 15 is 0 Å². The lowest BCUT2D eigenvalue weighted by atomic mass is 10.0. The molecule has 1 aliphatic rings. The molecule has 0 spiro atoms. The predicted octanol–water partition coefficient (Wildman–Crippen LogP) is 2.99. The van der Waals surface area contributed by atoms with E-state index in [1.54, 1.807) is 19.5 Å². The fourth-order valence-corrected chi connectivity index (χ4v) is 3.71. The number of aromatic nitrogens is 2. The average Bonchev–Trinajstić information content (AvgIpc) is 2.81. The van der Waals surface area contributed by atoms with Gasteiger partial charge in [0.25, 0.3) is 0 Å². The summed E-state index contributed by atoms with van der Waals surface area (Å²) < 4.78 is 5.27. The third kappa shape index (κ3) is 4.58. The lowest BCUT2D eigenvalue weighted by molar-refractivity contribution is -0.121.